The van der Waals surface area contributed by atoms with E-state index in [0.29, 0.717) is 6.04 Å². The quantitative estimate of drug-likeness (QED) is 0.732. The van der Waals surface area contributed by atoms with Crippen molar-refractivity contribution in [3.8, 4) is 0 Å². The van der Waals surface area contributed by atoms with E-state index in [1.807, 2.05) is 13.0 Å². The lowest BCUT2D eigenvalue weighted by molar-refractivity contribution is 0.568. The van der Waals surface area contributed by atoms with Crippen LogP contribution in [0.5, 0.6) is 0 Å². The summed E-state index contributed by atoms with van der Waals surface area (Å²) in [5.41, 5.74) is 2.14. The molecule has 0 fully saturated rings. The van der Waals surface area contributed by atoms with Crippen LogP contribution >= 0.6 is 0 Å². The SMILES string of the molecule is C=C(C)CNC(C)Cc1cccc(F)c1. The fourth-order valence-corrected chi connectivity index (χ4v) is 1.44. The van der Waals surface area contributed by atoms with E-state index in [9.17, 15) is 4.39 Å². The predicted octanol–water partition coefficient (Wildman–Crippen LogP) is 2.92. The molecule has 15 heavy (non-hydrogen) atoms. The van der Waals surface area contributed by atoms with Gasteiger partial charge in [-0.1, -0.05) is 24.3 Å². The van der Waals surface area contributed by atoms with Gasteiger partial charge in [0.25, 0.3) is 0 Å². The molecule has 2 heteroatoms. The van der Waals surface area contributed by atoms with Crippen molar-refractivity contribution >= 4 is 0 Å². The first-order chi connectivity index (χ1) is 7.08. The maximum Gasteiger partial charge on any atom is 0.123 e. The highest BCUT2D eigenvalue weighted by Crippen LogP contribution is 2.06. The van der Waals surface area contributed by atoms with Crippen LogP contribution in [0.1, 0.15) is 19.4 Å². The monoisotopic (exact) mass is 207 g/mol. The van der Waals surface area contributed by atoms with Crippen molar-refractivity contribution in [1.29, 1.82) is 0 Å². The summed E-state index contributed by atoms with van der Waals surface area (Å²) in [4.78, 5) is 0. The van der Waals surface area contributed by atoms with Crippen molar-refractivity contribution in [2.24, 2.45) is 0 Å². The van der Waals surface area contributed by atoms with Gasteiger partial charge >= 0.3 is 0 Å². The Balaban J connectivity index is 2.44. The number of hydrogen-bond donors (Lipinski definition) is 1. The first-order valence-electron chi connectivity index (χ1n) is 5.20. The predicted molar refractivity (Wildman–Crippen MR) is 62.4 cm³/mol. The van der Waals surface area contributed by atoms with Gasteiger partial charge in [-0.05, 0) is 38.0 Å². The molecule has 1 atom stereocenters. The van der Waals surface area contributed by atoms with Crippen LogP contribution in [0.2, 0.25) is 0 Å². The summed E-state index contributed by atoms with van der Waals surface area (Å²) in [6, 6.07) is 7.08. The molecule has 0 saturated heterocycles. The molecule has 0 amide bonds. The van der Waals surface area contributed by atoms with Crippen LogP contribution in [0.25, 0.3) is 0 Å². The Hall–Kier alpha value is -1.15. The van der Waals surface area contributed by atoms with E-state index in [-0.39, 0.29) is 5.82 Å². The maximum absolute atomic E-state index is 12.9. The Morgan fingerprint density at radius 1 is 1.53 bits per heavy atom. The lowest BCUT2D eigenvalue weighted by atomic mass is 10.1. The fraction of sp³-hybridized carbons (Fsp3) is 0.385. The molecular formula is C13H18FN. The Morgan fingerprint density at radius 2 is 2.27 bits per heavy atom. The molecule has 82 valence electrons. The molecule has 1 aromatic carbocycles. The molecule has 0 saturated carbocycles. The maximum atomic E-state index is 12.9. The molecule has 0 aromatic heterocycles. The first-order valence-corrected chi connectivity index (χ1v) is 5.20. The van der Waals surface area contributed by atoms with Crippen LogP contribution in [0.3, 0.4) is 0 Å². The Bertz CT molecular complexity index is 333. The molecule has 1 N–H and O–H groups in total. The van der Waals surface area contributed by atoms with Crippen molar-refractivity contribution in [2.45, 2.75) is 26.3 Å². The Kier molecular flexibility index (Phi) is 4.50. The van der Waals surface area contributed by atoms with E-state index in [1.54, 1.807) is 12.1 Å². The second kappa shape index (κ2) is 5.66. The van der Waals surface area contributed by atoms with Gasteiger partial charge in [0, 0.05) is 12.6 Å². The van der Waals surface area contributed by atoms with Gasteiger partial charge in [0.15, 0.2) is 0 Å². The fourth-order valence-electron chi connectivity index (χ4n) is 1.44. The number of benzene rings is 1. The number of rotatable bonds is 5. The smallest absolute Gasteiger partial charge is 0.123 e. The van der Waals surface area contributed by atoms with Crippen LogP contribution in [0.15, 0.2) is 36.4 Å². The lowest BCUT2D eigenvalue weighted by Crippen LogP contribution is -2.29. The minimum Gasteiger partial charge on any atom is -0.310 e. The molecule has 0 bridgehead atoms. The third-order valence-electron chi connectivity index (χ3n) is 2.18. The molecule has 1 nitrogen and oxygen atoms in total. The van der Waals surface area contributed by atoms with E-state index in [4.69, 9.17) is 0 Å². The van der Waals surface area contributed by atoms with Crippen LogP contribution in [0, 0.1) is 5.82 Å². The summed E-state index contributed by atoms with van der Waals surface area (Å²) in [6.07, 6.45) is 0.838. The second-order valence-electron chi connectivity index (χ2n) is 4.07. The summed E-state index contributed by atoms with van der Waals surface area (Å²) < 4.78 is 12.9. The van der Waals surface area contributed by atoms with E-state index >= 15 is 0 Å². The van der Waals surface area contributed by atoms with E-state index in [0.717, 1.165) is 24.1 Å². The molecular weight excluding hydrogens is 189 g/mol. The van der Waals surface area contributed by atoms with Gasteiger partial charge in [-0.25, -0.2) is 4.39 Å². The minimum absolute atomic E-state index is 0.167. The number of nitrogens with one attached hydrogen (secondary N) is 1. The van der Waals surface area contributed by atoms with Crippen LogP contribution in [-0.2, 0) is 6.42 Å². The second-order valence-corrected chi connectivity index (χ2v) is 4.07. The average Bonchev–Trinajstić information content (AvgIpc) is 2.15. The van der Waals surface area contributed by atoms with Gasteiger partial charge < -0.3 is 5.32 Å². The molecule has 1 unspecified atom stereocenters. The zero-order valence-corrected chi connectivity index (χ0v) is 9.39. The first kappa shape index (κ1) is 11.9. The molecule has 0 spiro atoms. The zero-order chi connectivity index (χ0) is 11.3. The van der Waals surface area contributed by atoms with Gasteiger partial charge in [0.05, 0.1) is 0 Å². The van der Waals surface area contributed by atoms with Gasteiger partial charge in [0.1, 0.15) is 5.82 Å². The van der Waals surface area contributed by atoms with Gasteiger partial charge in [-0.3, -0.25) is 0 Å². The molecule has 0 radical (unpaired) electrons. The summed E-state index contributed by atoms with van der Waals surface area (Å²) in [6.45, 7) is 8.72. The number of halogens is 1. The van der Waals surface area contributed by atoms with E-state index in [2.05, 4.69) is 18.8 Å². The van der Waals surface area contributed by atoms with Crippen molar-refractivity contribution in [1.82, 2.24) is 5.32 Å². The zero-order valence-electron chi connectivity index (χ0n) is 9.39. The van der Waals surface area contributed by atoms with Crippen molar-refractivity contribution in [2.75, 3.05) is 6.54 Å². The topological polar surface area (TPSA) is 12.0 Å². The summed E-state index contributed by atoms with van der Waals surface area (Å²) in [5.74, 6) is -0.167. The third-order valence-corrected chi connectivity index (χ3v) is 2.18. The third kappa shape index (κ3) is 4.75. The Morgan fingerprint density at radius 3 is 2.87 bits per heavy atom. The highest BCUT2D eigenvalue weighted by molar-refractivity contribution is 5.17. The van der Waals surface area contributed by atoms with Gasteiger partial charge in [-0.15, -0.1) is 0 Å². The molecule has 0 aliphatic carbocycles. The van der Waals surface area contributed by atoms with E-state index in [1.165, 1.54) is 6.07 Å². The van der Waals surface area contributed by atoms with Crippen LogP contribution < -0.4 is 5.32 Å². The normalized spacial score (nSPS) is 12.5. The van der Waals surface area contributed by atoms with Crippen LogP contribution in [0.4, 0.5) is 4.39 Å². The summed E-state index contributed by atoms with van der Waals surface area (Å²) in [5, 5.41) is 3.33. The highest BCUT2D eigenvalue weighted by Gasteiger charge is 2.03. The van der Waals surface area contributed by atoms with Crippen molar-refractivity contribution in [3.63, 3.8) is 0 Å². The van der Waals surface area contributed by atoms with Gasteiger partial charge in [-0.2, -0.15) is 0 Å². The van der Waals surface area contributed by atoms with Crippen molar-refractivity contribution in [3.05, 3.63) is 47.8 Å². The number of hydrogen-bond acceptors (Lipinski definition) is 1. The molecule has 0 heterocycles. The minimum atomic E-state index is -0.167. The summed E-state index contributed by atoms with van der Waals surface area (Å²) >= 11 is 0. The molecule has 0 aliphatic rings. The van der Waals surface area contributed by atoms with Crippen molar-refractivity contribution < 1.29 is 4.39 Å². The van der Waals surface area contributed by atoms with Gasteiger partial charge in [0.2, 0.25) is 0 Å². The molecule has 1 rings (SSSR count). The lowest BCUT2D eigenvalue weighted by Gasteiger charge is -2.13. The van der Waals surface area contributed by atoms with Crippen LogP contribution in [-0.4, -0.2) is 12.6 Å². The summed E-state index contributed by atoms with van der Waals surface area (Å²) in [7, 11) is 0. The molecule has 0 aliphatic heterocycles. The standard InChI is InChI=1S/C13H18FN/c1-10(2)9-15-11(3)7-12-5-4-6-13(14)8-12/h4-6,8,11,15H,1,7,9H2,2-3H3. The Labute approximate surface area is 91.0 Å². The van der Waals surface area contributed by atoms with E-state index < -0.39 is 0 Å². The highest BCUT2D eigenvalue weighted by atomic mass is 19.1. The molecule has 1 aromatic rings. The largest absolute Gasteiger partial charge is 0.310 e. The average molecular weight is 207 g/mol.